The van der Waals surface area contributed by atoms with E-state index < -0.39 is 0 Å². The quantitative estimate of drug-likeness (QED) is 0.306. The minimum Gasteiger partial charge on any atom is -0.490 e. The molecule has 1 N–H and O–H groups in total. The van der Waals surface area contributed by atoms with E-state index in [0.29, 0.717) is 35.1 Å². The summed E-state index contributed by atoms with van der Waals surface area (Å²) in [4.78, 5) is 6.80. The number of rotatable bonds is 8. The van der Waals surface area contributed by atoms with Crippen LogP contribution in [0.15, 0.2) is 48.7 Å². The first-order valence-electron chi connectivity index (χ1n) is 11.4. The van der Waals surface area contributed by atoms with Gasteiger partial charge in [-0.2, -0.15) is 0 Å². The predicted molar refractivity (Wildman–Crippen MR) is 141 cm³/mol. The second-order valence-electron chi connectivity index (χ2n) is 8.74. The monoisotopic (exact) mass is 498 g/mol. The lowest BCUT2D eigenvalue weighted by atomic mass is 9.96. The molecule has 1 aromatic carbocycles. The second-order valence-corrected chi connectivity index (χ2v) is 9.54. The fourth-order valence-corrected chi connectivity index (χ4v) is 5.41. The van der Waals surface area contributed by atoms with Crippen LogP contribution in [0.4, 0.5) is 5.69 Å². The Morgan fingerprint density at radius 2 is 1.94 bits per heavy atom. The number of nitrogens with one attached hydrogen (secondary N) is 1. The van der Waals surface area contributed by atoms with E-state index in [0.717, 1.165) is 11.4 Å². The fraction of sp³-hybridized carbons (Fsp3) is 0.385. The predicted octanol–water partition coefficient (Wildman–Crippen LogP) is 5.94. The summed E-state index contributed by atoms with van der Waals surface area (Å²) >= 11 is 12.5. The molecule has 3 aromatic rings. The largest absolute Gasteiger partial charge is 0.490 e. The van der Waals surface area contributed by atoms with E-state index in [4.69, 9.17) is 33.3 Å². The summed E-state index contributed by atoms with van der Waals surface area (Å²) < 4.78 is 13.2. The summed E-state index contributed by atoms with van der Waals surface area (Å²) in [6.07, 6.45) is 1.82. The van der Waals surface area contributed by atoms with Crippen molar-refractivity contribution in [1.82, 2.24) is 14.9 Å². The molecule has 0 saturated carbocycles. The number of thiocarbonyl (C=S) groups is 1. The highest BCUT2D eigenvalue weighted by atomic mass is 35.5. The van der Waals surface area contributed by atoms with E-state index in [1.807, 2.05) is 42.6 Å². The number of nitrogens with zero attached hydrogens (tertiary/aromatic N) is 3. The summed E-state index contributed by atoms with van der Waals surface area (Å²) in [7, 11) is 1.64. The molecule has 0 radical (unpaired) electrons. The van der Waals surface area contributed by atoms with E-state index in [1.165, 1.54) is 17.0 Å². The Balaban J connectivity index is 1.79. The van der Waals surface area contributed by atoms with E-state index in [1.54, 1.807) is 7.11 Å². The Hall–Kier alpha value is -2.61. The summed E-state index contributed by atoms with van der Waals surface area (Å²) in [5.74, 6) is 0.622. The highest BCUT2D eigenvalue weighted by molar-refractivity contribution is 7.80. The maximum Gasteiger partial charge on any atom is 0.174 e. The van der Waals surface area contributed by atoms with Crippen LogP contribution in [-0.2, 0) is 4.74 Å². The zero-order valence-corrected chi connectivity index (χ0v) is 21.8. The number of benzene rings is 1. The summed E-state index contributed by atoms with van der Waals surface area (Å²) in [6, 6.07) is 14.2. The maximum atomic E-state index is 6.61. The van der Waals surface area contributed by atoms with Crippen LogP contribution in [0.1, 0.15) is 54.6 Å². The number of methoxy groups -OCH3 is 1. The van der Waals surface area contributed by atoms with Crippen LogP contribution in [0.2, 0.25) is 5.02 Å². The minimum absolute atomic E-state index is 0.0857. The van der Waals surface area contributed by atoms with E-state index in [-0.39, 0.29) is 12.1 Å². The zero-order chi connectivity index (χ0) is 24.4. The van der Waals surface area contributed by atoms with Crippen LogP contribution in [0, 0.1) is 13.8 Å². The molecular weight excluding hydrogens is 468 g/mol. The number of aryl methyl sites for hydroxylation is 1. The van der Waals surface area contributed by atoms with Gasteiger partial charge in [0.1, 0.15) is 12.4 Å². The third kappa shape index (κ3) is 4.65. The number of ether oxygens (including phenoxy) is 2. The SMILES string of the molecule is COCCOc1ccc(N2C(=S)N[C@H](c3ccccn3)[C@H]2c2cc(C)n(C(C)C)c2C)cc1Cl. The molecule has 3 heterocycles. The standard InChI is InChI=1S/C26H31ClN4O2S/c1-16(2)30-17(3)14-20(18(30)4)25-24(22-8-6-7-11-28-22)29-26(34)31(25)19-9-10-23(21(27)15-19)33-13-12-32-5/h6-11,14-16,24-25H,12-13H2,1-5H3,(H,29,34)/t24-,25-/m1/s1. The molecular formula is C26H31ClN4O2S. The molecule has 0 bridgehead atoms. The number of anilines is 1. The van der Waals surface area contributed by atoms with Crippen molar-refractivity contribution >= 4 is 34.6 Å². The molecule has 4 rings (SSSR count). The topological polar surface area (TPSA) is 51.6 Å². The average Bonchev–Trinajstić information content (AvgIpc) is 3.30. The number of aromatic nitrogens is 2. The molecule has 180 valence electrons. The van der Waals surface area contributed by atoms with Crippen molar-refractivity contribution in [3.63, 3.8) is 0 Å². The third-order valence-electron chi connectivity index (χ3n) is 6.20. The molecule has 6 nitrogen and oxygen atoms in total. The molecule has 0 aliphatic carbocycles. The third-order valence-corrected chi connectivity index (χ3v) is 6.81. The van der Waals surface area contributed by atoms with Gasteiger partial charge in [-0.15, -0.1) is 0 Å². The molecule has 0 amide bonds. The first kappa shape index (κ1) is 24.5. The van der Waals surface area contributed by atoms with Gasteiger partial charge in [-0.3, -0.25) is 4.98 Å². The lowest BCUT2D eigenvalue weighted by molar-refractivity contribution is 0.146. The summed E-state index contributed by atoms with van der Waals surface area (Å²) in [6.45, 7) is 9.68. The first-order chi connectivity index (χ1) is 16.3. The molecule has 1 aliphatic heterocycles. The van der Waals surface area contributed by atoms with E-state index >= 15 is 0 Å². The molecule has 0 unspecified atom stereocenters. The molecule has 2 aromatic heterocycles. The Kier molecular flexibility index (Phi) is 7.45. The molecule has 1 fully saturated rings. The molecule has 34 heavy (non-hydrogen) atoms. The van der Waals surface area contributed by atoms with Crippen molar-refractivity contribution in [3.8, 4) is 5.75 Å². The summed E-state index contributed by atoms with van der Waals surface area (Å²) in [5, 5.41) is 4.69. The van der Waals surface area contributed by atoms with Gasteiger partial charge in [0, 0.05) is 36.4 Å². The average molecular weight is 499 g/mol. The van der Waals surface area contributed by atoms with Gasteiger partial charge in [0.15, 0.2) is 5.11 Å². The van der Waals surface area contributed by atoms with Gasteiger partial charge < -0.3 is 24.3 Å². The van der Waals surface area contributed by atoms with Gasteiger partial charge in [-0.05, 0) is 81.9 Å². The van der Waals surface area contributed by atoms with Crippen molar-refractivity contribution in [2.75, 3.05) is 25.2 Å². The summed E-state index contributed by atoms with van der Waals surface area (Å²) in [5.41, 5.74) is 5.50. The lowest BCUT2D eigenvalue weighted by Gasteiger charge is -2.29. The van der Waals surface area contributed by atoms with Crippen LogP contribution in [0.5, 0.6) is 5.75 Å². The Morgan fingerprint density at radius 1 is 1.15 bits per heavy atom. The van der Waals surface area contributed by atoms with Crippen molar-refractivity contribution in [2.24, 2.45) is 0 Å². The number of pyridine rings is 1. The van der Waals surface area contributed by atoms with Gasteiger partial charge in [-0.25, -0.2) is 0 Å². The number of hydrogen-bond donors (Lipinski definition) is 1. The molecule has 8 heteroatoms. The number of hydrogen-bond acceptors (Lipinski definition) is 4. The van der Waals surface area contributed by atoms with Gasteiger partial charge in [-0.1, -0.05) is 17.7 Å². The van der Waals surface area contributed by atoms with Crippen LogP contribution in [0.25, 0.3) is 0 Å². The van der Waals surface area contributed by atoms with Crippen LogP contribution >= 0.6 is 23.8 Å². The molecule has 0 spiro atoms. The Labute approximate surface area is 211 Å². The Morgan fingerprint density at radius 3 is 2.56 bits per heavy atom. The maximum absolute atomic E-state index is 6.61. The van der Waals surface area contributed by atoms with Crippen molar-refractivity contribution in [3.05, 3.63) is 76.3 Å². The highest BCUT2D eigenvalue weighted by Gasteiger charge is 2.42. The van der Waals surface area contributed by atoms with Crippen LogP contribution < -0.4 is 15.0 Å². The van der Waals surface area contributed by atoms with Crippen molar-refractivity contribution < 1.29 is 9.47 Å². The fourth-order valence-electron chi connectivity index (χ4n) is 4.84. The number of halogens is 1. The second kappa shape index (κ2) is 10.3. The molecule has 1 saturated heterocycles. The highest BCUT2D eigenvalue weighted by Crippen LogP contribution is 2.44. The van der Waals surface area contributed by atoms with Crippen LogP contribution in [0.3, 0.4) is 0 Å². The van der Waals surface area contributed by atoms with Gasteiger partial charge in [0.2, 0.25) is 0 Å². The van der Waals surface area contributed by atoms with E-state index in [2.05, 4.69) is 53.5 Å². The van der Waals surface area contributed by atoms with Gasteiger partial charge in [0.05, 0.1) is 29.4 Å². The zero-order valence-electron chi connectivity index (χ0n) is 20.2. The molecule has 1 aliphatic rings. The molecule has 2 atom stereocenters. The minimum atomic E-state index is -0.105. The van der Waals surface area contributed by atoms with Crippen molar-refractivity contribution in [2.45, 2.75) is 45.8 Å². The Bertz CT molecular complexity index is 1170. The normalized spacial score (nSPS) is 18.0. The first-order valence-corrected chi connectivity index (χ1v) is 12.2. The van der Waals surface area contributed by atoms with Gasteiger partial charge in [0.25, 0.3) is 0 Å². The van der Waals surface area contributed by atoms with E-state index in [9.17, 15) is 0 Å². The smallest absolute Gasteiger partial charge is 0.174 e. The van der Waals surface area contributed by atoms with Crippen molar-refractivity contribution in [1.29, 1.82) is 0 Å². The lowest BCUT2D eigenvalue weighted by Crippen LogP contribution is -2.29. The van der Waals surface area contributed by atoms with Gasteiger partial charge >= 0.3 is 0 Å². The van der Waals surface area contributed by atoms with Crippen LogP contribution in [-0.4, -0.2) is 35.0 Å².